The summed E-state index contributed by atoms with van der Waals surface area (Å²) in [6.07, 6.45) is -4.26. The van der Waals surface area contributed by atoms with Crippen molar-refractivity contribution in [3.05, 3.63) is 29.8 Å². The van der Waals surface area contributed by atoms with Gasteiger partial charge in [-0.05, 0) is 25.2 Å². The molecule has 2 nitrogen and oxygen atoms in total. The molecule has 0 amide bonds. The van der Waals surface area contributed by atoms with E-state index in [1.54, 1.807) is 6.07 Å². The fraction of sp³-hybridized carbons (Fsp3) is 0.625. The highest BCUT2D eigenvalue weighted by molar-refractivity contribution is 5.49. The number of hydrogen-bond donors (Lipinski definition) is 0. The van der Waals surface area contributed by atoms with Crippen LogP contribution in [0.15, 0.2) is 24.3 Å². The molecule has 1 aromatic carbocycles. The largest absolute Gasteiger partial charge is 0.416 e. The second-order valence-electron chi connectivity index (χ2n) is 4.34. The minimum Gasteiger partial charge on any atom is -0.369 e. The quantitative estimate of drug-likeness (QED) is 0.753. The first-order chi connectivity index (χ1) is 9.97. The topological polar surface area (TPSA) is 6.48 Å². The van der Waals surface area contributed by atoms with E-state index in [1.807, 2.05) is 39.6 Å². The molecule has 0 unspecified atom stereocenters. The van der Waals surface area contributed by atoms with Crippen LogP contribution in [0.5, 0.6) is 0 Å². The molecular formula is C16H27F3N2. The van der Waals surface area contributed by atoms with Gasteiger partial charge >= 0.3 is 6.18 Å². The molecule has 1 saturated heterocycles. The van der Waals surface area contributed by atoms with Gasteiger partial charge in [0.1, 0.15) is 0 Å². The summed E-state index contributed by atoms with van der Waals surface area (Å²) in [5.74, 6) is 0. The maximum absolute atomic E-state index is 12.6. The van der Waals surface area contributed by atoms with Crippen molar-refractivity contribution in [3.63, 3.8) is 0 Å². The lowest BCUT2D eigenvalue weighted by Crippen LogP contribution is -2.44. The molecule has 0 radical (unpaired) electrons. The summed E-state index contributed by atoms with van der Waals surface area (Å²) in [6, 6.07) is 5.54. The lowest BCUT2D eigenvalue weighted by atomic mass is 10.1. The van der Waals surface area contributed by atoms with Crippen LogP contribution in [0.4, 0.5) is 18.9 Å². The first-order valence-electron chi connectivity index (χ1n) is 7.57. The predicted octanol–water partition coefficient (Wildman–Crippen LogP) is 4.51. The number of likely N-dealkylation sites (N-methyl/N-ethyl adjacent to an activating group) is 1. The van der Waals surface area contributed by atoms with E-state index in [9.17, 15) is 13.2 Å². The van der Waals surface area contributed by atoms with Gasteiger partial charge in [0.05, 0.1) is 5.56 Å². The van der Waals surface area contributed by atoms with E-state index in [4.69, 9.17) is 0 Å². The molecule has 1 heterocycles. The van der Waals surface area contributed by atoms with Crippen molar-refractivity contribution >= 4 is 5.69 Å². The van der Waals surface area contributed by atoms with E-state index in [0.717, 1.165) is 32.2 Å². The van der Waals surface area contributed by atoms with Gasteiger partial charge in [-0.25, -0.2) is 0 Å². The van der Waals surface area contributed by atoms with E-state index in [0.29, 0.717) is 5.69 Å². The normalized spacial score (nSPS) is 15.5. The second kappa shape index (κ2) is 9.66. The summed E-state index contributed by atoms with van der Waals surface area (Å²) in [4.78, 5) is 4.17. The number of nitrogens with zero attached hydrogens (tertiary/aromatic N) is 2. The van der Waals surface area contributed by atoms with Crippen molar-refractivity contribution < 1.29 is 13.2 Å². The van der Waals surface area contributed by atoms with Gasteiger partial charge in [0.15, 0.2) is 0 Å². The number of benzene rings is 1. The summed E-state index contributed by atoms with van der Waals surface area (Å²) in [6.45, 7) is 11.3. The number of rotatable bonds is 1. The molecule has 0 N–H and O–H groups in total. The lowest BCUT2D eigenvalue weighted by molar-refractivity contribution is -0.137. The molecule has 1 aliphatic heterocycles. The van der Waals surface area contributed by atoms with Gasteiger partial charge in [0.25, 0.3) is 0 Å². The smallest absolute Gasteiger partial charge is 0.369 e. The van der Waals surface area contributed by atoms with Gasteiger partial charge < -0.3 is 9.80 Å². The fourth-order valence-corrected chi connectivity index (χ4v) is 1.94. The zero-order valence-corrected chi connectivity index (χ0v) is 13.7. The van der Waals surface area contributed by atoms with Gasteiger partial charge in [0, 0.05) is 31.9 Å². The predicted molar refractivity (Wildman–Crippen MR) is 83.9 cm³/mol. The summed E-state index contributed by atoms with van der Waals surface area (Å²) in [7, 11) is 2.02. The summed E-state index contributed by atoms with van der Waals surface area (Å²) < 4.78 is 37.7. The van der Waals surface area contributed by atoms with Crippen molar-refractivity contribution in [1.29, 1.82) is 0 Å². The summed E-state index contributed by atoms with van der Waals surface area (Å²) >= 11 is 0. The Balaban J connectivity index is 0.000000921. The molecule has 1 aromatic rings. The van der Waals surface area contributed by atoms with Gasteiger partial charge in [-0.3, -0.25) is 0 Å². The van der Waals surface area contributed by atoms with Gasteiger partial charge in [-0.15, -0.1) is 0 Å². The minimum absolute atomic E-state index is 0.575. The van der Waals surface area contributed by atoms with Crippen LogP contribution >= 0.6 is 0 Å². The van der Waals surface area contributed by atoms with E-state index in [2.05, 4.69) is 4.90 Å². The van der Waals surface area contributed by atoms with Crippen molar-refractivity contribution in [1.82, 2.24) is 4.90 Å². The van der Waals surface area contributed by atoms with E-state index < -0.39 is 11.7 Å². The Labute approximate surface area is 126 Å². The Morgan fingerprint density at radius 3 is 1.90 bits per heavy atom. The number of hydrogen-bond acceptors (Lipinski definition) is 2. The molecule has 2 rings (SSSR count). The number of halogens is 3. The van der Waals surface area contributed by atoms with Gasteiger partial charge in [-0.2, -0.15) is 13.2 Å². The fourth-order valence-electron chi connectivity index (χ4n) is 1.94. The van der Waals surface area contributed by atoms with Crippen LogP contribution in [-0.2, 0) is 6.18 Å². The number of alkyl halides is 3. The minimum atomic E-state index is -4.26. The van der Waals surface area contributed by atoms with E-state index in [1.165, 1.54) is 12.1 Å². The molecule has 0 spiro atoms. The molecule has 0 atom stereocenters. The highest BCUT2D eigenvalue weighted by atomic mass is 19.4. The van der Waals surface area contributed by atoms with Crippen LogP contribution < -0.4 is 4.90 Å². The molecule has 0 bridgehead atoms. The molecule has 1 fully saturated rings. The molecule has 21 heavy (non-hydrogen) atoms. The third-order valence-corrected chi connectivity index (χ3v) is 3.04. The Hall–Kier alpha value is -1.23. The molecule has 0 saturated carbocycles. The Morgan fingerprint density at radius 2 is 1.43 bits per heavy atom. The van der Waals surface area contributed by atoms with Crippen LogP contribution in [0.3, 0.4) is 0 Å². The molecule has 0 aromatic heterocycles. The maximum atomic E-state index is 12.6. The van der Waals surface area contributed by atoms with Crippen LogP contribution in [0, 0.1) is 0 Å². The molecule has 1 aliphatic rings. The Kier molecular flexibility index (Phi) is 9.09. The highest BCUT2D eigenvalue weighted by Gasteiger charge is 2.30. The SMILES string of the molecule is CC.CC.CN1CCN(c2cccc(C(F)(F)F)c2)CC1. The first kappa shape index (κ1) is 19.8. The number of piperazine rings is 1. The molecule has 5 heteroatoms. The van der Waals surface area contributed by atoms with Crippen LogP contribution in [0.2, 0.25) is 0 Å². The second-order valence-corrected chi connectivity index (χ2v) is 4.34. The molecular weight excluding hydrogens is 277 g/mol. The third-order valence-electron chi connectivity index (χ3n) is 3.04. The molecule has 0 aliphatic carbocycles. The van der Waals surface area contributed by atoms with Crippen LogP contribution in [-0.4, -0.2) is 38.1 Å². The average molecular weight is 304 g/mol. The maximum Gasteiger partial charge on any atom is 0.416 e. The first-order valence-corrected chi connectivity index (χ1v) is 7.57. The van der Waals surface area contributed by atoms with Gasteiger partial charge in [-0.1, -0.05) is 33.8 Å². The van der Waals surface area contributed by atoms with Crippen molar-refractivity contribution in [2.75, 3.05) is 38.1 Å². The van der Waals surface area contributed by atoms with E-state index >= 15 is 0 Å². The Bertz CT molecular complexity index is 383. The highest BCUT2D eigenvalue weighted by Crippen LogP contribution is 2.31. The Morgan fingerprint density at radius 1 is 0.905 bits per heavy atom. The van der Waals surface area contributed by atoms with Crippen LogP contribution in [0.1, 0.15) is 33.3 Å². The molecule has 122 valence electrons. The van der Waals surface area contributed by atoms with Gasteiger partial charge in [0.2, 0.25) is 0 Å². The lowest BCUT2D eigenvalue weighted by Gasteiger charge is -2.34. The third kappa shape index (κ3) is 6.38. The van der Waals surface area contributed by atoms with Crippen molar-refractivity contribution in [2.45, 2.75) is 33.9 Å². The standard InChI is InChI=1S/C12H15F3N2.2C2H6/c1-16-5-7-17(8-6-16)11-4-2-3-10(9-11)12(13,14)15;2*1-2/h2-4,9H,5-8H2,1H3;2*1-2H3. The monoisotopic (exact) mass is 304 g/mol. The average Bonchev–Trinajstić information content (AvgIpc) is 2.51. The van der Waals surface area contributed by atoms with Crippen molar-refractivity contribution in [2.24, 2.45) is 0 Å². The zero-order valence-electron chi connectivity index (χ0n) is 13.7. The summed E-state index contributed by atoms with van der Waals surface area (Å²) in [5.41, 5.74) is 0.0850. The zero-order chi connectivity index (χ0) is 16.5. The summed E-state index contributed by atoms with van der Waals surface area (Å²) in [5, 5.41) is 0. The number of anilines is 1. The van der Waals surface area contributed by atoms with E-state index in [-0.39, 0.29) is 0 Å². The van der Waals surface area contributed by atoms with Crippen molar-refractivity contribution in [3.8, 4) is 0 Å². The van der Waals surface area contributed by atoms with Crippen LogP contribution in [0.25, 0.3) is 0 Å².